The fourth-order valence-corrected chi connectivity index (χ4v) is 5.43. The fourth-order valence-electron chi connectivity index (χ4n) is 4.72. The zero-order valence-electron chi connectivity index (χ0n) is 18.3. The standard InChI is InChI=1S/C25H29N3O2S/c1-4-28-17(2)26-23-14-13-22(27-31(3)30)21(24(23)25(28)29)16-18-9-8-12-20(15-18)19-10-6-5-7-11-19/h5-12,15,21-22,27H,4,13-14,16H2,1-3H3. The van der Waals surface area contributed by atoms with E-state index in [4.69, 9.17) is 4.98 Å². The monoisotopic (exact) mass is 435 g/mol. The summed E-state index contributed by atoms with van der Waals surface area (Å²) in [4.78, 5) is 18.2. The van der Waals surface area contributed by atoms with E-state index in [1.165, 1.54) is 5.56 Å². The van der Waals surface area contributed by atoms with Crippen molar-refractivity contribution < 1.29 is 4.55 Å². The second-order valence-corrected chi connectivity index (χ2v) is 9.31. The van der Waals surface area contributed by atoms with Gasteiger partial charge in [-0.2, -0.15) is 0 Å². The molecular weight excluding hydrogens is 406 g/mol. The first kappa shape index (κ1) is 21.8. The van der Waals surface area contributed by atoms with Gasteiger partial charge in [-0.25, -0.2) is 4.98 Å². The first-order valence-corrected chi connectivity index (χ1v) is 12.4. The van der Waals surface area contributed by atoms with Crippen molar-refractivity contribution in [2.75, 3.05) is 6.26 Å². The molecule has 0 saturated heterocycles. The van der Waals surface area contributed by atoms with Crippen LogP contribution in [0.4, 0.5) is 0 Å². The van der Waals surface area contributed by atoms with Gasteiger partial charge in [-0.3, -0.25) is 9.36 Å². The molecule has 31 heavy (non-hydrogen) atoms. The lowest BCUT2D eigenvalue weighted by molar-refractivity contribution is 0.415. The molecular formula is C25H29N3O2S. The number of hydrogen-bond donors (Lipinski definition) is 1. The van der Waals surface area contributed by atoms with Crippen LogP contribution in [-0.2, 0) is 30.7 Å². The Hall–Kier alpha value is -2.41. The highest BCUT2D eigenvalue weighted by atomic mass is 32.2. The molecule has 0 amide bonds. The van der Waals surface area contributed by atoms with Gasteiger partial charge in [-0.1, -0.05) is 54.6 Å². The van der Waals surface area contributed by atoms with E-state index >= 15 is 0 Å². The molecule has 1 aliphatic carbocycles. The van der Waals surface area contributed by atoms with E-state index in [9.17, 15) is 9.35 Å². The molecule has 162 valence electrons. The molecule has 0 saturated carbocycles. The zero-order chi connectivity index (χ0) is 22.0. The Morgan fingerprint density at radius 1 is 1.16 bits per heavy atom. The lowest BCUT2D eigenvalue weighted by atomic mass is 9.78. The van der Waals surface area contributed by atoms with Crippen LogP contribution in [0.2, 0.25) is 0 Å². The van der Waals surface area contributed by atoms with Gasteiger partial charge in [-0.05, 0) is 49.8 Å². The van der Waals surface area contributed by atoms with E-state index in [2.05, 4.69) is 41.1 Å². The van der Waals surface area contributed by atoms with E-state index < -0.39 is 11.4 Å². The number of hydrogen-bond acceptors (Lipinski definition) is 4. The highest BCUT2D eigenvalue weighted by molar-refractivity contribution is 7.88. The summed E-state index contributed by atoms with van der Waals surface area (Å²) >= 11 is -1.15. The number of rotatable bonds is 6. The van der Waals surface area contributed by atoms with Crippen LogP contribution in [0.3, 0.4) is 0 Å². The predicted octanol–water partition coefficient (Wildman–Crippen LogP) is 3.76. The van der Waals surface area contributed by atoms with Gasteiger partial charge < -0.3 is 4.55 Å². The molecule has 5 nitrogen and oxygen atoms in total. The average Bonchev–Trinajstić information content (AvgIpc) is 2.76. The number of fused-ring (bicyclic) bond motifs is 1. The third-order valence-corrected chi connectivity index (χ3v) is 6.78. The summed E-state index contributed by atoms with van der Waals surface area (Å²) in [5, 5.41) is 0. The van der Waals surface area contributed by atoms with Crippen molar-refractivity contribution in [3.05, 3.63) is 87.6 Å². The molecule has 3 aromatic rings. The van der Waals surface area contributed by atoms with Gasteiger partial charge in [0.05, 0.1) is 11.7 Å². The van der Waals surface area contributed by atoms with Crippen LogP contribution in [0.25, 0.3) is 11.1 Å². The first-order valence-electron chi connectivity index (χ1n) is 10.8. The summed E-state index contributed by atoms with van der Waals surface area (Å²) in [5.41, 5.74) is 5.22. The van der Waals surface area contributed by atoms with Crippen LogP contribution >= 0.6 is 0 Å². The van der Waals surface area contributed by atoms with Crippen LogP contribution in [0.15, 0.2) is 59.4 Å². The molecule has 1 N–H and O–H groups in total. The molecule has 6 heteroatoms. The number of nitrogens with zero attached hydrogens (tertiary/aromatic N) is 2. The molecule has 3 atom stereocenters. The topological polar surface area (TPSA) is 70.0 Å². The van der Waals surface area contributed by atoms with Crippen molar-refractivity contribution >= 4 is 11.4 Å². The predicted molar refractivity (Wildman–Crippen MR) is 127 cm³/mol. The van der Waals surface area contributed by atoms with Crippen LogP contribution in [0.5, 0.6) is 0 Å². The number of benzene rings is 2. The Balaban J connectivity index is 1.76. The molecule has 0 spiro atoms. The summed E-state index contributed by atoms with van der Waals surface area (Å²) in [6, 6.07) is 18.8. The average molecular weight is 436 g/mol. The summed E-state index contributed by atoms with van der Waals surface area (Å²) in [7, 11) is 0. The van der Waals surface area contributed by atoms with Crippen molar-refractivity contribution in [1.82, 2.24) is 14.3 Å². The molecule has 1 heterocycles. The molecule has 2 aromatic carbocycles. The Morgan fingerprint density at radius 3 is 2.61 bits per heavy atom. The maximum Gasteiger partial charge on any atom is 0.257 e. The highest BCUT2D eigenvalue weighted by Gasteiger charge is 2.35. The summed E-state index contributed by atoms with van der Waals surface area (Å²) < 4.78 is 17.0. The van der Waals surface area contributed by atoms with Crippen LogP contribution < -0.4 is 10.3 Å². The van der Waals surface area contributed by atoms with Gasteiger partial charge in [0.25, 0.3) is 5.56 Å². The summed E-state index contributed by atoms with van der Waals surface area (Å²) in [6.45, 7) is 4.47. The largest absolute Gasteiger partial charge is 0.598 e. The van der Waals surface area contributed by atoms with Crippen molar-refractivity contribution in [2.45, 2.75) is 51.6 Å². The third kappa shape index (κ3) is 4.61. The van der Waals surface area contributed by atoms with E-state index in [1.54, 1.807) is 10.8 Å². The Labute approximate surface area is 186 Å². The van der Waals surface area contributed by atoms with Crippen LogP contribution in [-0.4, -0.2) is 26.4 Å². The quantitative estimate of drug-likeness (QED) is 0.599. The Morgan fingerprint density at radius 2 is 1.90 bits per heavy atom. The summed E-state index contributed by atoms with van der Waals surface area (Å²) in [5.74, 6) is 0.693. The van der Waals surface area contributed by atoms with E-state index in [-0.39, 0.29) is 17.5 Å². The maximum atomic E-state index is 13.4. The van der Waals surface area contributed by atoms with Crippen molar-refractivity contribution in [3.8, 4) is 11.1 Å². The molecule has 3 unspecified atom stereocenters. The molecule has 0 fully saturated rings. The SMILES string of the molecule is CCn1c(C)nc2c(c1=O)C(Cc1cccc(-c3ccccc3)c1)C(N[S+](C)[O-])CC2. The lowest BCUT2D eigenvalue weighted by Gasteiger charge is -2.33. The fraction of sp³-hybridized carbons (Fsp3) is 0.360. The van der Waals surface area contributed by atoms with Gasteiger partial charge in [0.15, 0.2) is 0 Å². The van der Waals surface area contributed by atoms with Crippen LogP contribution in [0.1, 0.15) is 41.9 Å². The van der Waals surface area contributed by atoms with Gasteiger partial charge in [0, 0.05) is 29.4 Å². The van der Waals surface area contributed by atoms with Crippen molar-refractivity contribution in [1.29, 1.82) is 0 Å². The highest BCUT2D eigenvalue weighted by Crippen LogP contribution is 2.33. The Bertz CT molecular complexity index is 1110. The minimum atomic E-state index is -1.15. The molecule has 1 aliphatic rings. The molecule has 4 rings (SSSR count). The summed E-state index contributed by atoms with van der Waals surface area (Å²) in [6.07, 6.45) is 3.90. The van der Waals surface area contributed by atoms with Gasteiger partial charge >= 0.3 is 0 Å². The van der Waals surface area contributed by atoms with Gasteiger partial charge in [0.2, 0.25) is 0 Å². The molecule has 0 bridgehead atoms. The van der Waals surface area contributed by atoms with Gasteiger partial charge in [-0.15, -0.1) is 4.72 Å². The first-order chi connectivity index (χ1) is 15.0. The minimum absolute atomic E-state index is 0.0266. The lowest BCUT2D eigenvalue weighted by Crippen LogP contribution is -2.46. The molecule has 0 radical (unpaired) electrons. The Kier molecular flexibility index (Phi) is 6.60. The second kappa shape index (κ2) is 9.39. The molecule has 0 aliphatic heterocycles. The number of aromatic nitrogens is 2. The third-order valence-electron chi connectivity index (χ3n) is 6.15. The minimum Gasteiger partial charge on any atom is -0.598 e. The van der Waals surface area contributed by atoms with Crippen molar-refractivity contribution in [3.63, 3.8) is 0 Å². The van der Waals surface area contributed by atoms with Crippen LogP contribution in [0, 0.1) is 6.92 Å². The molecule has 1 aromatic heterocycles. The van der Waals surface area contributed by atoms with E-state index in [1.807, 2.05) is 32.0 Å². The van der Waals surface area contributed by atoms with Crippen molar-refractivity contribution in [2.24, 2.45) is 0 Å². The second-order valence-electron chi connectivity index (χ2n) is 8.16. The van der Waals surface area contributed by atoms with E-state index in [0.29, 0.717) is 13.0 Å². The normalized spacial score (nSPS) is 19.1. The van der Waals surface area contributed by atoms with E-state index in [0.717, 1.165) is 41.1 Å². The van der Waals surface area contributed by atoms with Gasteiger partial charge in [0.1, 0.15) is 12.1 Å². The zero-order valence-corrected chi connectivity index (χ0v) is 19.1. The maximum absolute atomic E-state index is 13.4. The number of aryl methyl sites for hydroxylation is 2. The smallest absolute Gasteiger partial charge is 0.257 e. The number of nitrogens with one attached hydrogen (secondary N) is 1.